The van der Waals surface area contributed by atoms with Gasteiger partial charge in [0.15, 0.2) is 0 Å². The van der Waals surface area contributed by atoms with E-state index in [0.717, 1.165) is 35.6 Å². The Morgan fingerprint density at radius 1 is 1.22 bits per heavy atom. The number of nitrogens with one attached hydrogen (secondary N) is 1. The van der Waals surface area contributed by atoms with Crippen molar-refractivity contribution in [1.29, 1.82) is 0 Å². The average Bonchev–Trinajstić information content (AvgIpc) is 3.35. The fourth-order valence-electron chi connectivity index (χ4n) is 8.91. The van der Waals surface area contributed by atoms with Gasteiger partial charge in [-0.1, -0.05) is 6.07 Å². The first-order valence-corrected chi connectivity index (χ1v) is 11.4. The topological polar surface area (TPSA) is 24.5 Å². The van der Waals surface area contributed by atoms with Crippen molar-refractivity contribution in [3.8, 4) is 5.75 Å². The van der Waals surface area contributed by atoms with Crippen LogP contribution in [0.3, 0.4) is 0 Å². The van der Waals surface area contributed by atoms with Crippen LogP contribution in [0.15, 0.2) is 18.2 Å². The minimum atomic E-state index is 0.414. The van der Waals surface area contributed by atoms with Crippen LogP contribution in [0.2, 0.25) is 0 Å². The molecule has 0 aromatic heterocycles. The molecule has 1 aromatic carbocycles. The van der Waals surface area contributed by atoms with E-state index in [9.17, 15) is 0 Å². The summed E-state index contributed by atoms with van der Waals surface area (Å²) in [6, 6.07) is 8.64. The first-order chi connectivity index (χ1) is 13.2. The Labute approximate surface area is 162 Å². The van der Waals surface area contributed by atoms with Crippen LogP contribution in [0.5, 0.6) is 5.75 Å². The highest BCUT2D eigenvalue weighted by Gasteiger charge is 2.74. The second-order valence-electron chi connectivity index (χ2n) is 10.6. The number of piperidine rings is 1. The molecule has 144 valence electrons. The van der Waals surface area contributed by atoms with Crippen LogP contribution in [-0.4, -0.2) is 43.7 Å². The molecule has 2 heterocycles. The molecular formula is C24H32N2O. The molecule has 6 aliphatic rings. The van der Waals surface area contributed by atoms with Crippen molar-refractivity contribution < 1.29 is 4.74 Å². The van der Waals surface area contributed by atoms with Gasteiger partial charge in [0.2, 0.25) is 0 Å². The Hall–Kier alpha value is -1.06. The summed E-state index contributed by atoms with van der Waals surface area (Å²) in [5.74, 6) is 3.84. The molecule has 5 fully saturated rings. The van der Waals surface area contributed by atoms with Gasteiger partial charge in [-0.05, 0) is 104 Å². The number of methoxy groups -OCH3 is 1. The summed E-state index contributed by atoms with van der Waals surface area (Å²) < 4.78 is 5.71. The summed E-state index contributed by atoms with van der Waals surface area (Å²) in [7, 11) is 1.83. The molecule has 2 saturated heterocycles. The van der Waals surface area contributed by atoms with Gasteiger partial charge in [0, 0.05) is 24.0 Å². The molecular weight excluding hydrogens is 332 g/mol. The van der Waals surface area contributed by atoms with Crippen LogP contribution in [0.25, 0.3) is 0 Å². The van der Waals surface area contributed by atoms with Gasteiger partial charge < -0.3 is 10.1 Å². The largest absolute Gasteiger partial charge is 0.497 e. The van der Waals surface area contributed by atoms with E-state index in [1.54, 1.807) is 11.1 Å². The van der Waals surface area contributed by atoms with Gasteiger partial charge in [0.1, 0.15) is 5.75 Å². The Morgan fingerprint density at radius 2 is 2.15 bits per heavy atom. The van der Waals surface area contributed by atoms with Crippen molar-refractivity contribution in [3.63, 3.8) is 0 Å². The van der Waals surface area contributed by atoms with Crippen molar-refractivity contribution in [2.45, 2.75) is 62.4 Å². The van der Waals surface area contributed by atoms with Crippen LogP contribution in [0.4, 0.5) is 0 Å². The molecule has 0 spiro atoms. The van der Waals surface area contributed by atoms with Crippen molar-refractivity contribution in [3.05, 3.63) is 29.3 Å². The summed E-state index contributed by atoms with van der Waals surface area (Å²) in [6.45, 7) is 3.98. The van der Waals surface area contributed by atoms with E-state index in [1.165, 1.54) is 64.6 Å². The summed E-state index contributed by atoms with van der Waals surface area (Å²) >= 11 is 0. The molecule has 1 N–H and O–H groups in total. The molecule has 0 unspecified atom stereocenters. The highest BCUT2D eigenvalue weighted by Crippen LogP contribution is 2.74. The Balaban J connectivity index is 1.44. The molecule has 6 atom stereocenters. The number of benzene rings is 1. The normalized spacial score (nSPS) is 46.9. The number of hydrogen-bond donors (Lipinski definition) is 1. The molecule has 3 heteroatoms. The predicted molar refractivity (Wildman–Crippen MR) is 106 cm³/mol. The van der Waals surface area contributed by atoms with Gasteiger partial charge in [-0.2, -0.15) is 0 Å². The molecule has 4 aliphatic carbocycles. The summed E-state index contributed by atoms with van der Waals surface area (Å²) in [5.41, 5.74) is 4.29. The fraction of sp³-hybridized carbons (Fsp3) is 0.750. The van der Waals surface area contributed by atoms with Crippen LogP contribution in [0, 0.1) is 23.2 Å². The molecule has 1 aromatic rings. The zero-order chi connectivity index (χ0) is 17.8. The number of hydrogen-bond acceptors (Lipinski definition) is 3. The standard InChI is InChI=1S/C24H32N2O/c1-27-18-5-4-16-10-21-23-7-6-20-22(17(12-23)13-25-20)24(23,19(16)11-18)8-9-26(21)14-15-2-3-15/h4-5,11,15,17,20-22,25H,2-3,6-10,12-14H2,1H3/t17-,20-,21-,22-,23-,24+/m1/s1. The van der Waals surface area contributed by atoms with E-state index < -0.39 is 0 Å². The lowest BCUT2D eigenvalue weighted by Crippen LogP contribution is -2.69. The van der Waals surface area contributed by atoms with Crippen LogP contribution in [-0.2, 0) is 11.8 Å². The van der Waals surface area contributed by atoms with E-state index in [1.807, 2.05) is 7.11 Å². The predicted octanol–water partition coefficient (Wildman–Crippen LogP) is 3.36. The monoisotopic (exact) mass is 364 g/mol. The zero-order valence-electron chi connectivity index (χ0n) is 16.5. The maximum absolute atomic E-state index is 5.71. The minimum Gasteiger partial charge on any atom is -0.497 e. The number of ether oxygens (including phenoxy) is 1. The molecule has 2 aliphatic heterocycles. The number of rotatable bonds is 3. The van der Waals surface area contributed by atoms with Crippen molar-refractivity contribution in [1.82, 2.24) is 10.2 Å². The smallest absolute Gasteiger partial charge is 0.119 e. The quantitative estimate of drug-likeness (QED) is 0.890. The Bertz CT molecular complexity index is 804. The highest BCUT2D eigenvalue weighted by molar-refractivity contribution is 5.51. The van der Waals surface area contributed by atoms with E-state index >= 15 is 0 Å². The van der Waals surface area contributed by atoms with Gasteiger partial charge in [0.25, 0.3) is 0 Å². The van der Waals surface area contributed by atoms with Gasteiger partial charge >= 0.3 is 0 Å². The Kier molecular flexibility index (Phi) is 2.99. The fourth-order valence-corrected chi connectivity index (χ4v) is 8.91. The molecule has 0 amide bonds. The van der Waals surface area contributed by atoms with E-state index in [0.29, 0.717) is 10.8 Å². The zero-order valence-corrected chi connectivity index (χ0v) is 16.5. The van der Waals surface area contributed by atoms with Crippen molar-refractivity contribution in [2.75, 3.05) is 26.7 Å². The first kappa shape index (κ1) is 15.8. The molecule has 3 saturated carbocycles. The molecule has 4 bridgehead atoms. The molecule has 7 rings (SSSR count). The maximum atomic E-state index is 5.71. The number of fused-ring (bicyclic) bond motifs is 1. The lowest BCUT2D eigenvalue weighted by molar-refractivity contribution is -0.0941. The number of nitrogens with zero attached hydrogens (tertiary/aromatic N) is 1. The molecule has 3 nitrogen and oxygen atoms in total. The summed E-state index contributed by atoms with van der Waals surface area (Å²) in [4.78, 5) is 2.97. The highest BCUT2D eigenvalue weighted by atomic mass is 16.5. The van der Waals surface area contributed by atoms with Crippen molar-refractivity contribution >= 4 is 0 Å². The maximum Gasteiger partial charge on any atom is 0.119 e. The van der Waals surface area contributed by atoms with Crippen LogP contribution < -0.4 is 10.1 Å². The minimum absolute atomic E-state index is 0.414. The third-order valence-electron chi connectivity index (χ3n) is 9.84. The third kappa shape index (κ3) is 1.78. The van der Waals surface area contributed by atoms with Gasteiger partial charge in [-0.25, -0.2) is 0 Å². The van der Waals surface area contributed by atoms with Crippen LogP contribution in [0.1, 0.15) is 49.7 Å². The van der Waals surface area contributed by atoms with Crippen LogP contribution >= 0.6 is 0 Å². The lowest BCUT2D eigenvalue weighted by Gasteiger charge is -2.66. The van der Waals surface area contributed by atoms with Crippen molar-refractivity contribution in [2.24, 2.45) is 23.2 Å². The molecule has 0 radical (unpaired) electrons. The summed E-state index contributed by atoms with van der Waals surface area (Å²) in [5, 5.41) is 3.94. The average molecular weight is 365 g/mol. The third-order valence-corrected chi connectivity index (χ3v) is 9.84. The van der Waals surface area contributed by atoms with E-state index in [-0.39, 0.29) is 0 Å². The first-order valence-electron chi connectivity index (χ1n) is 11.4. The SMILES string of the molecule is COc1ccc2c(c1)[C@]13CCN(CC4CC4)[C@H](C2)[C@]12CC[C@H]1NC[C@@H](C2)[C@H]13. The van der Waals surface area contributed by atoms with Gasteiger partial charge in [-0.15, -0.1) is 0 Å². The lowest BCUT2D eigenvalue weighted by atomic mass is 9.43. The Morgan fingerprint density at radius 3 is 3.00 bits per heavy atom. The number of likely N-dealkylation sites (tertiary alicyclic amines) is 1. The summed E-state index contributed by atoms with van der Waals surface area (Å²) in [6.07, 6.45) is 9.96. The van der Waals surface area contributed by atoms with E-state index in [2.05, 4.69) is 28.4 Å². The second-order valence-corrected chi connectivity index (χ2v) is 10.6. The van der Waals surface area contributed by atoms with Gasteiger partial charge in [0.05, 0.1) is 7.11 Å². The van der Waals surface area contributed by atoms with Gasteiger partial charge in [-0.3, -0.25) is 4.90 Å². The van der Waals surface area contributed by atoms with E-state index in [4.69, 9.17) is 4.74 Å². The molecule has 27 heavy (non-hydrogen) atoms. The second kappa shape index (κ2) is 5.10.